The first-order valence-electron chi connectivity index (χ1n) is 8.15. The van der Waals surface area contributed by atoms with Crippen LogP contribution in [-0.2, 0) is 16.6 Å². The van der Waals surface area contributed by atoms with Gasteiger partial charge >= 0.3 is 0 Å². The van der Waals surface area contributed by atoms with E-state index in [1.807, 2.05) is 59.5 Å². The van der Waals surface area contributed by atoms with Gasteiger partial charge < -0.3 is 5.32 Å². The molecule has 0 saturated heterocycles. The van der Waals surface area contributed by atoms with Gasteiger partial charge in [-0.25, -0.2) is 4.39 Å². The third-order valence-electron chi connectivity index (χ3n) is 4.05. The maximum Gasteiger partial charge on any atom is 0.224 e. The van der Waals surface area contributed by atoms with Crippen LogP contribution in [0.3, 0.4) is 0 Å². The van der Waals surface area contributed by atoms with Crippen molar-refractivity contribution in [3.8, 4) is 0 Å². The Kier molecular flexibility index (Phi) is 6.55. The minimum atomic E-state index is -1.97. The molecule has 0 spiro atoms. The van der Waals surface area contributed by atoms with Crippen LogP contribution >= 0.6 is 9.24 Å². The van der Waals surface area contributed by atoms with Gasteiger partial charge in [0.25, 0.3) is 0 Å². The van der Waals surface area contributed by atoms with E-state index in [0.717, 1.165) is 22.3 Å². The summed E-state index contributed by atoms with van der Waals surface area (Å²) in [5.74, 6) is -0.0770. The standard InChI is InChI=1S/C20H22BFNOP/c1-3-16(18-10-5-4-7-14(18)2)12-19(24)23-13-15-8-6-9-17(11-15)20(21,22)25/h3-11H,12-13,25H2,1-2H3,(H,23,24)/b16-3-. The number of carbonyl (C=O) groups excluding carboxylic acids is 1. The monoisotopic (exact) mass is 353 g/mol. The molecule has 2 aromatic carbocycles. The molecular formula is C20H22BFNOP. The lowest BCUT2D eigenvalue weighted by atomic mass is 9.91. The number of hydrogen-bond acceptors (Lipinski definition) is 1. The lowest BCUT2D eigenvalue weighted by Crippen LogP contribution is -2.23. The maximum atomic E-state index is 13.8. The van der Waals surface area contributed by atoms with E-state index in [-0.39, 0.29) is 5.91 Å². The molecule has 0 bridgehead atoms. The van der Waals surface area contributed by atoms with Crippen LogP contribution in [0.1, 0.15) is 35.6 Å². The van der Waals surface area contributed by atoms with Gasteiger partial charge in [-0.15, -0.1) is 9.24 Å². The van der Waals surface area contributed by atoms with Crippen LogP contribution < -0.4 is 5.32 Å². The van der Waals surface area contributed by atoms with Gasteiger partial charge in [0.2, 0.25) is 5.91 Å². The number of hydrogen-bond donors (Lipinski definition) is 1. The zero-order valence-corrected chi connectivity index (χ0v) is 15.7. The highest BCUT2D eigenvalue weighted by Gasteiger charge is 2.18. The summed E-state index contributed by atoms with van der Waals surface area (Å²) >= 11 is 0. The number of amides is 1. The molecule has 0 aliphatic rings. The Morgan fingerprint density at radius 3 is 2.64 bits per heavy atom. The Hall–Kier alpha value is -1.93. The van der Waals surface area contributed by atoms with Gasteiger partial charge in [0.05, 0.1) is 6.42 Å². The molecule has 5 heteroatoms. The van der Waals surface area contributed by atoms with Gasteiger partial charge in [-0.2, -0.15) is 0 Å². The molecule has 0 aromatic heterocycles. The molecule has 1 amide bonds. The van der Waals surface area contributed by atoms with Gasteiger partial charge in [-0.1, -0.05) is 54.6 Å². The average molecular weight is 353 g/mol. The Morgan fingerprint density at radius 1 is 1.28 bits per heavy atom. The topological polar surface area (TPSA) is 29.1 Å². The maximum absolute atomic E-state index is 13.8. The minimum Gasteiger partial charge on any atom is -0.352 e. The van der Waals surface area contributed by atoms with Crippen LogP contribution in [0.4, 0.5) is 4.39 Å². The van der Waals surface area contributed by atoms with Crippen LogP contribution in [0.5, 0.6) is 0 Å². The van der Waals surface area contributed by atoms with E-state index in [0.29, 0.717) is 18.5 Å². The number of allylic oxidation sites excluding steroid dienone is 1. The van der Waals surface area contributed by atoms with E-state index in [1.165, 1.54) is 0 Å². The summed E-state index contributed by atoms with van der Waals surface area (Å²) in [5, 5.41) is 0.913. The van der Waals surface area contributed by atoms with Crippen molar-refractivity contribution < 1.29 is 9.18 Å². The van der Waals surface area contributed by atoms with Crippen molar-refractivity contribution in [2.45, 2.75) is 32.1 Å². The van der Waals surface area contributed by atoms with E-state index in [1.54, 1.807) is 18.2 Å². The van der Waals surface area contributed by atoms with Crippen LogP contribution in [-0.4, -0.2) is 13.8 Å². The molecule has 2 rings (SSSR count). The van der Waals surface area contributed by atoms with E-state index >= 15 is 0 Å². The highest BCUT2D eigenvalue weighted by atomic mass is 31.0. The minimum absolute atomic E-state index is 0.0770. The fraction of sp³-hybridized carbons (Fsp3) is 0.250. The second-order valence-electron chi connectivity index (χ2n) is 6.05. The van der Waals surface area contributed by atoms with Crippen LogP contribution in [0.15, 0.2) is 54.6 Å². The molecular weight excluding hydrogens is 331 g/mol. The summed E-state index contributed by atoms with van der Waals surface area (Å²) in [6.07, 6.45) is 2.26. The first kappa shape index (κ1) is 19.4. The number of nitrogens with one attached hydrogen (secondary N) is 1. The summed E-state index contributed by atoms with van der Waals surface area (Å²) in [4.78, 5) is 12.3. The summed E-state index contributed by atoms with van der Waals surface area (Å²) in [5.41, 5.74) is 4.37. The van der Waals surface area contributed by atoms with Crippen molar-refractivity contribution >= 4 is 28.6 Å². The Morgan fingerprint density at radius 2 is 2.00 bits per heavy atom. The van der Waals surface area contributed by atoms with Crippen molar-refractivity contribution in [1.82, 2.24) is 5.32 Å². The molecule has 25 heavy (non-hydrogen) atoms. The lowest BCUT2D eigenvalue weighted by molar-refractivity contribution is -0.120. The first-order chi connectivity index (χ1) is 11.8. The van der Waals surface area contributed by atoms with E-state index in [9.17, 15) is 9.18 Å². The van der Waals surface area contributed by atoms with Crippen LogP contribution in [0.25, 0.3) is 5.57 Å². The molecule has 2 radical (unpaired) electrons. The molecule has 2 nitrogen and oxygen atoms in total. The highest BCUT2D eigenvalue weighted by molar-refractivity contribution is 7.21. The quantitative estimate of drug-likeness (QED) is 0.611. The van der Waals surface area contributed by atoms with Gasteiger partial charge in [0.1, 0.15) is 13.2 Å². The lowest BCUT2D eigenvalue weighted by Gasteiger charge is -2.16. The molecule has 128 valence electrons. The Labute approximate surface area is 152 Å². The van der Waals surface area contributed by atoms with Crippen molar-refractivity contribution in [3.63, 3.8) is 0 Å². The van der Waals surface area contributed by atoms with E-state index in [2.05, 4.69) is 5.32 Å². The third kappa shape index (κ3) is 5.54. The Bertz CT molecular complexity index is 783. The third-order valence-corrected chi connectivity index (χ3v) is 4.38. The molecule has 0 fully saturated rings. The molecule has 0 heterocycles. The summed E-state index contributed by atoms with van der Waals surface area (Å²) in [7, 11) is 7.41. The molecule has 2 unspecified atom stereocenters. The van der Waals surface area contributed by atoms with Gasteiger partial charge in [0, 0.05) is 6.54 Å². The van der Waals surface area contributed by atoms with Gasteiger partial charge in [-0.05, 0) is 41.7 Å². The molecule has 2 atom stereocenters. The summed E-state index contributed by atoms with van der Waals surface area (Å²) in [6, 6.07) is 14.8. The summed E-state index contributed by atoms with van der Waals surface area (Å²) in [6.45, 7) is 4.29. The van der Waals surface area contributed by atoms with Crippen molar-refractivity contribution in [2.75, 3.05) is 0 Å². The first-order valence-corrected chi connectivity index (χ1v) is 8.73. The fourth-order valence-electron chi connectivity index (χ4n) is 2.64. The predicted octanol–water partition coefficient (Wildman–Crippen LogP) is 4.23. The van der Waals surface area contributed by atoms with Crippen LogP contribution in [0.2, 0.25) is 0 Å². The van der Waals surface area contributed by atoms with Gasteiger partial charge in [0.15, 0.2) is 0 Å². The Balaban J connectivity index is 2.00. The molecule has 0 aliphatic carbocycles. The number of aryl methyl sites for hydroxylation is 1. The normalized spacial score (nSPS) is 14.0. The number of halogens is 1. The largest absolute Gasteiger partial charge is 0.352 e. The number of alkyl halides is 1. The molecule has 1 N–H and O–H groups in total. The second kappa shape index (κ2) is 8.44. The number of rotatable bonds is 6. The van der Waals surface area contributed by atoms with Crippen molar-refractivity contribution in [2.24, 2.45) is 0 Å². The molecule has 0 aliphatic heterocycles. The van der Waals surface area contributed by atoms with Crippen molar-refractivity contribution in [1.29, 1.82) is 0 Å². The smallest absolute Gasteiger partial charge is 0.224 e. The van der Waals surface area contributed by atoms with Crippen molar-refractivity contribution in [3.05, 3.63) is 76.9 Å². The van der Waals surface area contributed by atoms with Crippen LogP contribution in [0, 0.1) is 6.92 Å². The average Bonchev–Trinajstić information content (AvgIpc) is 2.58. The SMILES string of the molecule is [B]C(F)(P)c1cccc(CNC(=O)C/C(=C/C)c2ccccc2C)c1. The fourth-order valence-corrected chi connectivity index (χ4v) is 2.82. The molecule has 2 aromatic rings. The van der Waals surface area contributed by atoms with E-state index < -0.39 is 5.31 Å². The number of carbonyl (C=O) groups is 1. The predicted molar refractivity (Wildman–Crippen MR) is 106 cm³/mol. The van der Waals surface area contributed by atoms with E-state index in [4.69, 9.17) is 7.85 Å². The number of benzene rings is 2. The molecule has 0 saturated carbocycles. The second-order valence-corrected chi connectivity index (χ2v) is 6.89. The zero-order valence-electron chi connectivity index (χ0n) is 14.6. The summed E-state index contributed by atoms with van der Waals surface area (Å²) < 4.78 is 13.8. The zero-order chi connectivity index (χ0) is 18.4. The highest BCUT2D eigenvalue weighted by Crippen LogP contribution is 2.29. The van der Waals surface area contributed by atoms with Gasteiger partial charge in [-0.3, -0.25) is 4.79 Å².